The number of β-amino-alcohol motifs (C(OH)–C–C–N with tert-alkyl or cyclic N) is 1. The molecule has 6 rings (SSSR count). The first-order valence-electron chi connectivity index (χ1n) is 20.7. The van der Waals surface area contributed by atoms with Gasteiger partial charge in [0.25, 0.3) is 11.8 Å². The summed E-state index contributed by atoms with van der Waals surface area (Å²) in [7, 11) is 0. The Kier molecular flexibility index (Phi) is 14.1. The zero-order chi connectivity index (χ0) is 44.0. The maximum atomic E-state index is 14.0. The molecule has 61 heavy (non-hydrogen) atoms. The first kappa shape index (κ1) is 44.7. The molecule has 324 valence electrons. The molecule has 2 fully saturated rings. The Morgan fingerprint density at radius 1 is 0.934 bits per heavy atom. The van der Waals surface area contributed by atoms with Crippen LogP contribution in [-0.4, -0.2) is 97.9 Å². The minimum Gasteiger partial charge on any atom is -0.391 e. The van der Waals surface area contributed by atoms with Crippen LogP contribution in [-0.2, 0) is 35.3 Å². The Bertz CT molecular complexity index is 2200. The molecule has 1 aromatic heterocycles. The number of hydrogen-bond acceptors (Lipinski definition) is 11. The molecule has 16 nitrogen and oxygen atoms in total. The lowest BCUT2D eigenvalue weighted by Crippen LogP contribution is -2.57. The summed E-state index contributed by atoms with van der Waals surface area (Å²) in [6.45, 7) is 7.69. The van der Waals surface area contributed by atoms with Gasteiger partial charge >= 0.3 is 0 Å². The molecule has 3 aromatic rings. The molecule has 2 saturated heterocycles. The molecular weight excluding hydrogens is 803 g/mol. The van der Waals surface area contributed by atoms with Crippen molar-refractivity contribution in [1.29, 1.82) is 0 Å². The Morgan fingerprint density at radius 2 is 1.62 bits per heavy atom. The average molecular weight is 856 g/mol. The summed E-state index contributed by atoms with van der Waals surface area (Å²) in [5.41, 5.74) is 4.26. The highest BCUT2D eigenvalue weighted by Crippen LogP contribution is 2.33. The fourth-order valence-corrected chi connectivity index (χ4v) is 8.76. The van der Waals surface area contributed by atoms with Gasteiger partial charge in [0.15, 0.2) is 0 Å². The van der Waals surface area contributed by atoms with Gasteiger partial charge in [0.1, 0.15) is 18.1 Å². The number of nitrogens with zero attached hydrogens (tertiary/aromatic N) is 3. The van der Waals surface area contributed by atoms with E-state index in [4.69, 9.17) is 0 Å². The van der Waals surface area contributed by atoms with Crippen molar-refractivity contribution in [3.05, 3.63) is 70.4 Å². The van der Waals surface area contributed by atoms with E-state index >= 15 is 0 Å². The van der Waals surface area contributed by atoms with E-state index in [1.165, 1.54) is 17.0 Å². The van der Waals surface area contributed by atoms with Gasteiger partial charge in [0.05, 0.1) is 39.0 Å². The number of hydrogen-bond donors (Lipinski definition) is 5. The number of carbonyl (C=O) groups excluding carboxylic acids is 8. The van der Waals surface area contributed by atoms with Gasteiger partial charge in [-0.25, -0.2) is 4.98 Å². The van der Waals surface area contributed by atoms with Crippen LogP contribution in [0, 0.1) is 12.3 Å². The minimum absolute atomic E-state index is 0.000935. The van der Waals surface area contributed by atoms with Gasteiger partial charge in [-0.3, -0.25) is 48.6 Å². The van der Waals surface area contributed by atoms with Crippen LogP contribution in [0.15, 0.2) is 48.0 Å². The number of unbranched alkanes of at least 4 members (excludes halogenated alkanes) is 4. The van der Waals surface area contributed by atoms with Gasteiger partial charge < -0.3 is 26.0 Å². The topological polar surface area (TPSA) is 224 Å². The summed E-state index contributed by atoms with van der Waals surface area (Å²) >= 11 is 1.56. The number of aromatic nitrogens is 1. The maximum Gasteiger partial charge on any atom is 0.264 e. The van der Waals surface area contributed by atoms with Crippen molar-refractivity contribution in [2.24, 2.45) is 5.41 Å². The number of anilines is 1. The lowest BCUT2D eigenvalue weighted by atomic mass is 9.85. The number of imide groups is 2. The first-order chi connectivity index (χ1) is 29.0. The van der Waals surface area contributed by atoms with Gasteiger partial charge in [0.2, 0.25) is 35.4 Å². The third kappa shape index (κ3) is 10.6. The summed E-state index contributed by atoms with van der Waals surface area (Å²) in [6, 6.07) is 9.43. The van der Waals surface area contributed by atoms with Crippen LogP contribution >= 0.6 is 11.3 Å². The summed E-state index contributed by atoms with van der Waals surface area (Å²) < 4.78 is 0. The predicted molar refractivity (Wildman–Crippen MR) is 226 cm³/mol. The second kappa shape index (κ2) is 19.3. The Labute approximate surface area is 358 Å². The molecule has 3 aliphatic rings. The molecule has 3 aliphatic heterocycles. The largest absolute Gasteiger partial charge is 0.391 e. The lowest BCUT2D eigenvalue weighted by molar-refractivity contribution is -0.144. The Hall–Kier alpha value is -5.81. The molecule has 2 aromatic carbocycles. The molecule has 0 radical (unpaired) electrons. The summed E-state index contributed by atoms with van der Waals surface area (Å²) in [5.74, 6) is -3.99. The second-order valence-corrected chi connectivity index (χ2v) is 17.8. The number of amides is 8. The normalized spacial score (nSPS) is 19.4. The van der Waals surface area contributed by atoms with Crippen molar-refractivity contribution in [2.75, 3.05) is 11.9 Å². The van der Waals surface area contributed by atoms with Gasteiger partial charge in [-0.2, -0.15) is 0 Å². The number of aliphatic hydroxyl groups is 1. The first-order valence-corrected chi connectivity index (χ1v) is 21.6. The number of rotatable bonds is 16. The molecule has 5 N–H and O–H groups in total. The van der Waals surface area contributed by atoms with E-state index < -0.39 is 59.2 Å². The minimum atomic E-state index is -1.11. The van der Waals surface area contributed by atoms with Gasteiger partial charge in [-0.15, -0.1) is 11.3 Å². The zero-order valence-corrected chi connectivity index (χ0v) is 35.7. The number of likely N-dealkylation sites (tertiary alicyclic amines) is 1. The van der Waals surface area contributed by atoms with Crippen LogP contribution in [0.1, 0.15) is 117 Å². The van der Waals surface area contributed by atoms with Crippen molar-refractivity contribution in [1.82, 2.24) is 30.7 Å². The number of benzene rings is 2. The number of thiazole rings is 1. The summed E-state index contributed by atoms with van der Waals surface area (Å²) in [6.07, 6.45) is 2.81. The van der Waals surface area contributed by atoms with Crippen molar-refractivity contribution < 1.29 is 43.5 Å². The van der Waals surface area contributed by atoms with E-state index in [1.807, 2.05) is 52.0 Å². The maximum absolute atomic E-state index is 14.0. The van der Waals surface area contributed by atoms with Gasteiger partial charge in [0, 0.05) is 38.8 Å². The molecule has 0 saturated carbocycles. The molecular formula is C44H53N7O9S. The standard InChI is InChI=1S/C44H53N7O9S/c1-25-37(61-24-46-25)27-17-15-26(16-18-27)22-45-39(56)32-21-28(52)23-50(32)43(60)38(44(2,3)4)48-34(54)14-9-7-5-6-8-13-33(53)47-30-12-10-11-29-36(30)42(59)51(41(29)58)31-19-20-35(55)49-40(31)57/h10-12,15-18,24,28,31-32,38,52H,5-9,13-14,19-23H2,1-4H3,(H,45,56)(H,47,53)(H,48,54)(H,49,55,57)/t28-,31?,32+,38-/m1/s1. The van der Waals surface area contributed by atoms with E-state index in [0.717, 1.165) is 33.0 Å². The zero-order valence-electron chi connectivity index (χ0n) is 34.9. The van der Waals surface area contributed by atoms with Crippen LogP contribution in [0.4, 0.5) is 5.69 Å². The van der Waals surface area contributed by atoms with E-state index in [0.29, 0.717) is 25.7 Å². The highest BCUT2D eigenvalue weighted by molar-refractivity contribution is 7.13. The number of aryl methyl sites for hydroxylation is 1. The number of fused-ring (bicyclic) bond motifs is 1. The number of piperidine rings is 1. The smallest absolute Gasteiger partial charge is 0.264 e. The molecule has 0 bridgehead atoms. The molecule has 4 heterocycles. The van der Waals surface area contributed by atoms with Crippen LogP contribution < -0.4 is 21.3 Å². The third-order valence-corrected chi connectivity index (χ3v) is 12.2. The van der Waals surface area contributed by atoms with Crippen LogP contribution in [0.25, 0.3) is 10.4 Å². The van der Waals surface area contributed by atoms with Crippen molar-refractivity contribution in [3.8, 4) is 10.4 Å². The lowest BCUT2D eigenvalue weighted by Gasteiger charge is -2.35. The second-order valence-electron chi connectivity index (χ2n) is 16.9. The Morgan fingerprint density at radius 3 is 2.28 bits per heavy atom. The quantitative estimate of drug-likeness (QED) is 0.103. The molecule has 0 spiro atoms. The molecule has 4 atom stereocenters. The molecule has 1 unspecified atom stereocenters. The highest BCUT2D eigenvalue weighted by Gasteiger charge is 2.46. The fourth-order valence-electron chi connectivity index (χ4n) is 7.95. The Balaban J connectivity index is 0.919. The summed E-state index contributed by atoms with van der Waals surface area (Å²) in [5, 5.41) is 21.2. The van der Waals surface area contributed by atoms with Crippen LogP contribution in [0.2, 0.25) is 0 Å². The highest BCUT2D eigenvalue weighted by atomic mass is 32.1. The monoisotopic (exact) mass is 855 g/mol. The van der Waals surface area contributed by atoms with Crippen molar-refractivity contribution in [3.63, 3.8) is 0 Å². The number of aliphatic hydroxyl groups excluding tert-OH is 1. The van der Waals surface area contributed by atoms with E-state index in [-0.39, 0.29) is 79.7 Å². The number of nitrogens with one attached hydrogen (secondary N) is 4. The average Bonchev–Trinajstić information content (AvgIpc) is 3.90. The van der Waals surface area contributed by atoms with E-state index in [1.54, 1.807) is 22.9 Å². The van der Waals surface area contributed by atoms with Gasteiger partial charge in [-0.05, 0) is 54.9 Å². The van der Waals surface area contributed by atoms with Crippen LogP contribution in [0.5, 0.6) is 0 Å². The third-order valence-electron chi connectivity index (χ3n) is 11.3. The van der Waals surface area contributed by atoms with Crippen molar-refractivity contribution >= 4 is 64.3 Å². The van der Waals surface area contributed by atoms with Crippen molar-refractivity contribution in [2.45, 2.75) is 123 Å². The molecule has 8 amide bonds. The number of carbonyl (C=O) groups is 8. The van der Waals surface area contributed by atoms with E-state index in [9.17, 15) is 43.5 Å². The van der Waals surface area contributed by atoms with Crippen LogP contribution in [0.3, 0.4) is 0 Å². The summed E-state index contributed by atoms with van der Waals surface area (Å²) in [4.78, 5) is 111. The molecule has 17 heteroatoms. The fraction of sp³-hybridized carbons (Fsp3) is 0.477. The SMILES string of the molecule is Cc1ncsc1-c1ccc(CNC(=O)[C@@H]2C[C@@H](O)CN2C(=O)[C@@H](NC(=O)CCCCCCCC(=O)Nc2cccc3c2C(=O)N(C2CCC(=O)NC2=O)C3=O)C(C)(C)C)cc1. The van der Waals surface area contributed by atoms with E-state index in [2.05, 4.69) is 26.3 Å². The molecule has 0 aliphatic carbocycles. The van der Waals surface area contributed by atoms with Gasteiger partial charge in [-0.1, -0.05) is 70.4 Å². The predicted octanol–water partition coefficient (Wildman–Crippen LogP) is 4.00.